The van der Waals surface area contributed by atoms with Gasteiger partial charge in [-0.2, -0.15) is 0 Å². The Hall–Kier alpha value is -4.63. The zero-order valence-electron chi connectivity index (χ0n) is 26.1. The van der Waals surface area contributed by atoms with Gasteiger partial charge in [-0.15, -0.1) is 0 Å². The number of hydrogen-bond acceptors (Lipinski definition) is 8. The number of carbonyl (C=O) groups excluding carboxylic acids is 2. The molecule has 1 fully saturated rings. The fourth-order valence-corrected chi connectivity index (χ4v) is 6.71. The molecule has 2 aliphatic heterocycles. The Labute approximate surface area is 263 Å². The Bertz CT molecular complexity index is 1580. The van der Waals surface area contributed by atoms with Crippen LogP contribution in [0.3, 0.4) is 0 Å². The lowest BCUT2D eigenvalue weighted by molar-refractivity contribution is -0.384. The van der Waals surface area contributed by atoms with Crippen molar-refractivity contribution in [3.05, 3.63) is 123 Å². The van der Waals surface area contributed by atoms with E-state index in [-0.39, 0.29) is 17.2 Å². The maximum absolute atomic E-state index is 14.0. The Kier molecular flexibility index (Phi) is 9.58. The first-order valence-corrected chi connectivity index (χ1v) is 15.2. The summed E-state index contributed by atoms with van der Waals surface area (Å²) in [7, 11) is 1.28. The molecule has 234 valence electrons. The molecular formula is C36H39N3O6. The molecule has 0 radical (unpaired) electrons. The average Bonchev–Trinajstić information content (AvgIpc) is 3.41. The Balaban J connectivity index is 1.35. The van der Waals surface area contributed by atoms with E-state index in [1.807, 2.05) is 19.1 Å². The van der Waals surface area contributed by atoms with Gasteiger partial charge in [0.15, 0.2) is 0 Å². The number of benzene rings is 3. The second-order valence-electron chi connectivity index (χ2n) is 12.1. The van der Waals surface area contributed by atoms with Crippen molar-refractivity contribution in [1.29, 1.82) is 0 Å². The summed E-state index contributed by atoms with van der Waals surface area (Å²) < 4.78 is 11.3. The fourth-order valence-electron chi connectivity index (χ4n) is 6.71. The van der Waals surface area contributed by atoms with Crippen LogP contribution in [0.15, 0.2) is 101 Å². The minimum atomic E-state index is -0.927. The van der Waals surface area contributed by atoms with Gasteiger partial charge >= 0.3 is 11.9 Å². The summed E-state index contributed by atoms with van der Waals surface area (Å²) in [6, 6.07) is 27.0. The van der Waals surface area contributed by atoms with E-state index in [2.05, 4.69) is 58.4 Å². The normalized spacial score (nSPS) is 21.8. The second kappa shape index (κ2) is 13.6. The lowest BCUT2D eigenvalue weighted by Gasteiger charge is -2.33. The van der Waals surface area contributed by atoms with E-state index in [9.17, 15) is 19.7 Å². The van der Waals surface area contributed by atoms with Gasteiger partial charge < -0.3 is 9.47 Å². The Morgan fingerprint density at radius 2 is 1.67 bits per heavy atom. The molecule has 3 atom stereocenters. The summed E-state index contributed by atoms with van der Waals surface area (Å²) in [5.41, 5.74) is 3.18. The van der Waals surface area contributed by atoms with Crippen molar-refractivity contribution < 1.29 is 24.0 Å². The molecule has 0 bridgehead atoms. The van der Waals surface area contributed by atoms with Gasteiger partial charge in [0.1, 0.15) is 11.5 Å². The molecule has 0 aromatic heterocycles. The van der Waals surface area contributed by atoms with Crippen LogP contribution in [-0.4, -0.2) is 59.8 Å². The number of carbonyl (C=O) groups is 2. The second-order valence-corrected chi connectivity index (χ2v) is 12.1. The molecule has 9 heteroatoms. The van der Waals surface area contributed by atoms with Gasteiger partial charge in [-0.1, -0.05) is 72.8 Å². The van der Waals surface area contributed by atoms with Crippen LogP contribution in [0.2, 0.25) is 0 Å². The van der Waals surface area contributed by atoms with Crippen molar-refractivity contribution in [2.24, 2.45) is 10.9 Å². The molecule has 2 aliphatic rings. The van der Waals surface area contributed by atoms with Crippen molar-refractivity contribution in [2.75, 3.05) is 26.7 Å². The van der Waals surface area contributed by atoms with Crippen LogP contribution >= 0.6 is 0 Å². The van der Waals surface area contributed by atoms with E-state index < -0.39 is 34.3 Å². The van der Waals surface area contributed by atoms with E-state index >= 15 is 0 Å². The molecule has 0 saturated carbocycles. The number of nitro groups is 1. The number of esters is 2. The molecule has 1 saturated heterocycles. The van der Waals surface area contributed by atoms with E-state index in [4.69, 9.17) is 9.47 Å². The minimum absolute atomic E-state index is 0.135. The van der Waals surface area contributed by atoms with Crippen LogP contribution in [0, 0.1) is 16.0 Å². The number of aliphatic imine (C=N–C) groups is 1. The van der Waals surface area contributed by atoms with Crippen LogP contribution < -0.4 is 0 Å². The predicted molar refractivity (Wildman–Crippen MR) is 172 cm³/mol. The number of likely N-dealkylation sites (tertiary alicyclic amines) is 1. The van der Waals surface area contributed by atoms with Crippen molar-refractivity contribution in [1.82, 2.24) is 4.90 Å². The molecule has 2 heterocycles. The summed E-state index contributed by atoms with van der Waals surface area (Å²) in [6.07, 6.45) is 1.56. The lowest BCUT2D eigenvalue weighted by Crippen LogP contribution is -2.40. The molecule has 5 rings (SSSR count). The number of hydrogen-bond donors (Lipinski definition) is 0. The van der Waals surface area contributed by atoms with Gasteiger partial charge in [-0.05, 0) is 50.4 Å². The third-order valence-electron chi connectivity index (χ3n) is 8.94. The summed E-state index contributed by atoms with van der Waals surface area (Å²) in [5.74, 6) is -2.69. The molecule has 45 heavy (non-hydrogen) atoms. The van der Waals surface area contributed by atoms with E-state index in [0.717, 1.165) is 19.5 Å². The Morgan fingerprint density at radius 1 is 1.02 bits per heavy atom. The van der Waals surface area contributed by atoms with Crippen LogP contribution in [0.5, 0.6) is 0 Å². The molecule has 3 aromatic carbocycles. The van der Waals surface area contributed by atoms with Gasteiger partial charge in [-0.3, -0.25) is 24.8 Å². The molecule has 0 N–H and O–H groups in total. The SMILES string of the molecule is COC(=O)C1C(C)=NC(C)=C(C(=O)OC2(C)CCN(CCC(c3ccccc3)c3ccccc3)C2)C1c1cccc([N+](=O)[O-])c1. The first-order chi connectivity index (χ1) is 21.6. The van der Waals surface area contributed by atoms with Gasteiger partial charge in [0, 0.05) is 54.9 Å². The van der Waals surface area contributed by atoms with Crippen LogP contribution in [-0.2, 0) is 19.1 Å². The molecule has 0 spiro atoms. The summed E-state index contributed by atoms with van der Waals surface area (Å²) in [6.45, 7) is 7.50. The van der Waals surface area contributed by atoms with E-state index in [1.165, 1.54) is 30.4 Å². The molecule has 0 amide bonds. The molecule has 9 nitrogen and oxygen atoms in total. The average molecular weight is 610 g/mol. The van der Waals surface area contributed by atoms with Gasteiger partial charge in [-0.25, -0.2) is 4.79 Å². The molecule has 0 aliphatic carbocycles. The number of nitro benzene ring substituents is 1. The Morgan fingerprint density at radius 3 is 2.27 bits per heavy atom. The smallest absolute Gasteiger partial charge is 0.337 e. The molecule has 3 unspecified atom stereocenters. The van der Waals surface area contributed by atoms with Gasteiger partial charge in [0.25, 0.3) is 5.69 Å². The number of allylic oxidation sites excluding steroid dienone is 1. The van der Waals surface area contributed by atoms with Crippen LogP contribution in [0.1, 0.15) is 62.1 Å². The quantitative estimate of drug-likeness (QED) is 0.148. The highest BCUT2D eigenvalue weighted by molar-refractivity contribution is 6.07. The van der Waals surface area contributed by atoms with Crippen molar-refractivity contribution in [2.45, 2.75) is 51.0 Å². The predicted octanol–water partition coefficient (Wildman–Crippen LogP) is 6.45. The monoisotopic (exact) mass is 609 g/mol. The van der Waals surface area contributed by atoms with Crippen LogP contribution in [0.25, 0.3) is 0 Å². The first kappa shape index (κ1) is 31.8. The summed E-state index contributed by atoms with van der Waals surface area (Å²) >= 11 is 0. The first-order valence-electron chi connectivity index (χ1n) is 15.2. The largest absolute Gasteiger partial charge is 0.468 e. The highest BCUT2D eigenvalue weighted by Gasteiger charge is 2.45. The van der Waals surface area contributed by atoms with Crippen molar-refractivity contribution >= 4 is 23.3 Å². The molecule has 3 aromatic rings. The standard InChI is InChI=1S/C36H39N3O6/c1-24-31(34(40)44-4)33(28-16-11-17-29(22-28)39(42)43)32(25(2)37-24)35(41)45-36(3)19-21-38(23-36)20-18-30(26-12-7-5-8-13-26)27-14-9-6-10-15-27/h5-17,22,30-31,33H,18-21,23H2,1-4H3. The van der Waals surface area contributed by atoms with Crippen molar-refractivity contribution in [3.8, 4) is 0 Å². The third-order valence-corrected chi connectivity index (χ3v) is 8.94. The number of ether oxygens (including phenoxy) is 2. The van der Waals surface area contributed by atoms with Crippen molar-refractivity contribution in [3.63, 3.8) is 0 Å². The number of nitrogens with zero attached hydrogens (tertiary/aromatic N) is 3. The number of methoxy groups -OCH3 is 1. The van der Waals surface area contributed by atoms with Gasteiger partial charge in [0.2, 0.25) is 0 Å². The molecular weight excluding hydrogens is 570 g/mol. The topological polar surface area (TPSA) is 111 Å². The maximum atomic E-state index is 14.0. The summed E-state index contributed by atoms with van der Waals surface area (Å²) in [4.78, 5) is 45.0. The van der Waals surface area contributed by atoms with E-state index in [1.54, 1.807) is 26.0 Å². The highest BCUT2D eigenvalue weighted by Crippen LogP contribution is 2.42. The van der Waals surface area contributed by atoms with E-state index in [0.29, 0.717) is 29.9 Å². The number of rotatable bonds is 10. The zero-order valence-corrected chi connectivity index (χ0v) is 26.1. The fraction of sp³-hybridized carbons (Fsp3) is 0.361. The maximum Gasteiger partial charge on any atom is 0.337 e. The summed E-state index contributed by atoms with van der Waals surface area (Å²) in [5, 5.41) is 11.6. The highest BCUT2D eigenvalue weighted by atomic mass is 16.6. The third kappa shape index (κ3) is 7.04. The minimum Gasteiger partial charge on any atom is -0.468 e. The van der Waals surface area contributed by atoms with Crippen LogP contribution in [0.4, 0.5) is 5.69 Å². The zero-order chi connectivity index (χ0) is 32.1. The lowest BCUT2D eigenvalue weighted by atomic mass is 9.75. The number of non-ortho nitro benzene ring substituents is 1. The van der Waals surface area contributed by atoms with Gasteiger partial charge in [0.05, 0.1) is 17.6 Å².